The number of hydrogen-bond acceptors (Lipinski definition) is 2. The molecule has 1 heterocycles. The van der Waals surface area contributed by atoms with Crippen LogP contribution >= 0.6 is 0 Å². The van der Waals surface area contributed by atoms with E-state index in [9.17, 15) is 8.78 Å². The number of benzene rings is 1. The average molecular weight is 269 g/mol. The molecule has 1 aliphatic rings. The molecule has 0 spiro atoms. The van der Waals surface area contributed by atoms with Crippen LogP contribution in [-0.4, -0.2) is 19.7 Å². The number of alkyl halides is 2. The van der Waals surface area contributed by atoms with Crippen molar-refractivity contribution in [3.63, 3.8) is 0 Å². The number of ether oxygens (including phenoxy) is 1. The molecule has 1 unspecified atom stereocenters. The summed E-state index contributed by atoms with van der Waals surface area (Å²) in [5, 5.41) is 3.43. The highest BCUT2D eigenvalue weighted by Crippen LogP contribution is 2.31. The van der Waals surface area contributed by atoms with Gasteiger partial charge < -0.3 is 10.1 Å². The number of hydrogen-bond donors (Lipinski definition) is 1. The van der Waals surface area contributed by atoms with E-state index in [1.807, 2.05) is 0 Å². The predicted octanol–water partition coefficient (Wildman–Crippen LogP) is 3.49. The Morgan fingerprint density at radius 2 is 2.16 bits per heavy atom. The van der Waals surface area contributed by atoms with Crippen molar-refractivity contribution < 1.29 is 13.5 Å². The highest BCUT2D eigenvalue weighted by atomic mass is 19.3. The van der Waals surface area contributed by atoms with Crippen molar-refractivity contribution in [2.75, 3.05) is 13.7 Å². The lowest BCUT2D eigenvalue weighted by molar-refractivity contribution is 0.0173. The highest BCUT2D eigenvalue weighted by Gasteiger charge is 2.26. The van der Waals surface area contributed by atoms with E-state index in [0.29, 0.717) is 11.8 Å². The van der Waals surface area contributed by atoms with Crippen LogP contribution in [0.2, 0.25) is 0 Å². The summed E-state index contributed by atoms with van der Waals surface area (Å²) in [6.07, 6.45) is 4.23. The number of halogens is 2. The fourth-order valence-electron chi connectivity index (χ4n) is 2.57. The van der Waals surface area contributed by atoms with Gasteiger partial charge in [-0.05, 0) is 49.6 Å². The molecule has 2 nitrogen and oxygen atoms in total. The van der Waals surface area contributed by atoms with Gasteiger partial charge in [0.1, 0.15) is 5.75 Å². The molecular formula is C15H21F2NO. The fourth-order valence-corrected chi connectivity index (χ4v) is 2.57. The minimum atomic E-state index is -2.80. The summed E-state index contributed by atoms with van der Waals surface area (Å²) in [4.78, 5) is 0. The van der Waals surface area contributed by atoms with E-state index in [0.717, 1.165) is 31.9 Å². The molecule has 1 atom stereocenters. The van der Waals surface area contributed by atoms with Crippen molar-refractivity contribution in [2.24, 2.45) is 0 Å². The molecule has 0 saturated carbocycles. The highest BCUT2D eigenvalue weighted by molar-refractivity contribution is 5.39. The summed E-state index contributed by atoms with van der Waals surface area (Å²) in [5.41, 5.74) is 0.917. The largest absolute Gasteiger partial charge is 0.496 e. The maximum atomic E-state index is 13.4. The number of methoxy groups -OCH3 is 1. The van der Waals surface area contributed by atoms with Crippen LogP contribution in [0, 0.1) is 0 Å². The molecule has 0 aromatic heterocycles. The number of nitrogens with one attached hydrogen (secondary N) is 1. The van der Waals surface area contributed by atoms with E-state index >= 15 is 0 Å². The van der Waals surface area contributed by atoms with Gasteiger partial charge in [-0.2, -0.15) is 0 Å². The van der Waals surface area contributed by atoms with Gasteiger partial charge in [-0.25, -0.2) is 8.78 Å². The zero-order chi connectivity index (χ0) is 13.9. The van der Waals surface area contributed by atoms with Crippen LogP contribution in [0.1, 0.15) is 37.3 Å². The van der Waals surface area contributed by atoms with Crippen LogP contribution in [0.5, 0.6) is 5.75 Å². The Balaban J connectivity index is 2.20. The fraction of sp³-hybridized carbons (Fsp3) is 0.600. The summed E-state index contributed by atoms with van der Waals surface area (Å²) >= 11 is 0. The minimum absolute atomic E-state index is 0.0547. The van der Waals surface area contributed by atoms with Gasteiger partial charge in [0.25, 0.3) is 5.92 Å². The van der Waals surface area contributed by atoms with Gasteiger partial charge in [0.15, 0.2) is 0 Å². The predicted molar refractivity (Wildman–Crippen MR) is 71.9 cm³/mol. The van der Waals surface area contributed by atoms with Crippen LogP contribution in [0.15, 0.2) is 18.2 Å². The minimum Gasteiger partial charge on any atom is -0.496 e. The van der Waals surface area contributed by atoms with E-state index in [-0.39, 0.29) is 5.56 Å². The standard InChI is InChI=1S/C15H21F2NO/c1-15(16,17)12-6-7-14(19-2)11(9-12)10-13-5-3-4-8-18-13/h6-7,9,13,18H,3-5,8,10H2,1-2H3. The number of piperidine rings is 1. The Labute approximate surface area is 113 Å². The van der Waals surface area contributed by atoms with Gasteiger partial charge in [-0.15, -0.1) is 0 Å². The second-order valence-electron chi connectivity index (χ2n) is 5.27. The lowest BCUT2D eigenvalue weighted by Crippen LogP contribution is -2.35. The third-order valence-electron chi connectivity index (χ3n) is 3.67. The van der Waals surface area contributed by atoms with Gasteiger partial charge in [0.05, 0.1) is 7.11 Å². The normalized spacial score (nSPS) is 20.3. The van der Waals surface area contributed by atoms with Crippen LogP contribution < -0.4 is 10.1 Å². The van der Waals surface area contributed by atoms with Crippen LogP contribution in [-0.2, 0) is 12.3 Å². The van der Waals surface area contributed by atoms with E-state index < -0.39 is 5.92 Å². The molecule has 1 fully saturated rings. The molecule has 1 saturated heterocycles. The van der Waals surface area contributed by atoms with Crippen molar-refractivity contribution in [3.05, 3.63) is 29.3 Å². The molecule has 106 valence electrons. The maximum absolute atomic E-state index is 13.4. The van der Waals surface area contributed by atoms with Crippen LogP contribution in [0.25, 0.3) is 0 Å². The smallest absolute Gasteiger partial charge is 0.270 e. The van der Waals surface area contributed by atoms with E-state index in [1.165, 1.54) is 18.9 Å². The topological polar surface area (TPSA) is 21.3 Å². The first-order valence-corrected chi connectivity index (χ1v) is 6.79. The summed E-state index contributed by atoms with van der Waals surface area (Å²) < 4.78 is 32.1. The van der Waals surface area contributed by atoms with Crippen molar-refractivity contribution in [1.82, 2.24) is 5.32 Å². The summed E-state index contributed by atoms with van der Waals surface area (Å²) in [5.74, 6) is -2.11. The van der Waals surface area contributed by atoms with Gasteiger partial charge in [-0.3, -0.25) is 0 Å². The second-order valence-corrected chi connectivity index (χ2v) is 5.27. The van der Waals surface area contributed by atoms with E-state index in [2.05, 4.69) is 5.32 Å². The molecule has 0 amide bonds. The van der Waals surface area contributed by atoms with Gasteiger partial charge in [-0.1, -0.05) is 6.42 Å². The Morgan fingerprint density at radius 1 is 1.37 bits per heavy atom. The van der Waals surface area contributed by atoms with Gasteiger partial charge >= 0.3 is 0 Å². The van der Waals surface area contributed by atoms with Crippen molar-refractivity contribution >= 4 is 0 Å². The first kappa shape index (κ1) is 14.3. The molecule has 1 N–H and O–H groups in total. The molecule has 0 bridgehead atoms. The molecule has 0 aliphatic carbocycles. The molecule has 4 heteroatoms. The van der Waals surface area contributed by atoms with E-state index in [4.69, 9.17) is 4.74 Å². The molecule has 1 aromatic carbocycles. The quantitative estimate of drug-likeness (QED) is 0.903. The average Bonchev–Trinajstić information content (AvgIpc) is 2.39. The molecule has 0 radical (unpaired) electrons. The first-order chi connectivity index (χ1) is 9.00. The Morgan fingerprint density at radius 3 is 2.74 bits per heavy atom. The lowest BCUT2D eigenvalue weighted by atomic mass is 9.95. The third-order valence-corrected chi connectivity index (χ3v) is 3.67. The molecule has 19 heavy (non-hydrogen) atoms. The molecule has 1 aliphatic heterocycles. The van der Waals surface area contributed by atoms with Crippen molar-refractivity contribution in [3.8, 4) is 5.75 Å². The molecule has 2 rings (SSSR count). The maximum Gasteiger partial charge on any atom is 0.270 e. The third kappa shape index (κ3) is 3.66. The molecular weight excluding hydrogens is 248 g/mol. The Hall–Kier alpha value is -1.16. The van der Waals surface area contributed by atoms with Crippen molar-refractivity contribution in [1.29, 1.82) is 0 Å². The second kappa shape index (κ2) is 5.87. The van der Waals surface area contributed by atoms with E-state index in [1.54, 1.807) is 19.2 Å². The SMILES string of the molecule is COc1ccc(C(C)(F)F)cc1CC1CCCCN1. The zero-order valence-electron chi connectivity index (χ0n) is 11.5. The van der Waals surface area contributed by atoms with Crippen LogP contribution in [0.4, 0.5) is 8.78 Å². The Kier molecular flexibility index (Phi) is 4.40. The lowest BCUT2D eigenvalue weighted by Gasteiger charge is -2.24. The summed E-state index contributed by atoms with van der Waals surface area (Å²) in [6.45, 7) is 1.94. The van der Waals surface area contributed by atoms with Crippen LogP contribution in [0.3, 0.4) is 0 Å². The summed E-state index contributed by atoms with van der Waals surface area (Å²) in [7, 11) is 1.58. The van der Waals surface area contributed by atoms with Crippen molar-refractivity contribution in [2.45, 2.75) is 44.6 Å². The molecule has 1 aromatic rings. The van der Waals surface area contributed by atoms with Gasteiger partial charge in [0, 0.05) is 18.5 Å². The van der Waals surface area contributed by atoms with Gasteiger partial charge in [0.2, 0.25) is 0 Å². The Bertz CT molecular complexity index is 423. The zero-order valence-corrected chi connectivity index (χ0v) is 11.5. The number of rotatable bonds is 4. The monoisotopic (exact) mass is 269 g/mol. The summed E-state index contributed by atoms with van der Waals surface area (Å²) in [6, 6.07) is 5.03. The first-order valence-electron chi connectivity index (χ1n) is 6.79.